The van der Waals surface area contributed by atoms with Crippen molar-refractivity contribution in [1.29, 1.82) is 0 Å². The third kappa shape index (κ3) is 4.23. The van der Waals surface area contributed by atoms with E-state index < -0.39 is 0 Å². The van der Waals surface area contributed by atoms with Crippen LogP contribution in [0.25, 0.3) is 0 Å². The summed E-state index contributed by atoms with van der Waals surface area (Å²) in [5.74, 6) is 1.71. The van der Waals surface area contributed by atoms with E-state index in [0.29, 0.717) is 13.2 Å². The Bertz CT molecular complexity index is 768. The first-order chi connectivity index (χ1) is 13.8. The third-order valence-electron chi connectivity index (χ3n) is 5.78. The predicted molar refractivity (Wildman–Crippen MR) is 111 cm³/mol. The second-order valence-electron chi connectivity index (χ2n) is 7.59. The normalized spacial score (nSPS) is 21.2. The molecule has 1 saturated heterocycles. The minimum absolute atomic E-state index is 0.118. The highest BCUT2D eigenvalue weighted by Gasteiger charge is 2.37. The molecule has 0 bridgehead atoms. The summed E-state index contributed by atoms with van der Waals surface area (Å²) < 4.78 is 18.2. The van der Waals surface area contributed by atoms with Crippen LogP contribution >= 0.6 is 0 Å². The smallest absolute Gasteiger partial charge is 0.161 e. The summed E-state index contributed by atoms with van der Waals surface area (Å²) in [6.07, 6.45) is 4.92. The van der Waals surface area contributed by atoms with Gasteiger partial charge < -0.3 is 19.1 Å². The Kier molecular flexibility index (Phi) is 5.98. The molecule has 2 aliphatic heterocycles. The van der Waals surface area contributed by atoms with Crippen molar-refractivity contribution in [2.24, 2.45) is 0 Å². The first-order valence-corrected chi connectivity index (χ1v) is 10.2. The van der Waals surface area contributed by atoms with Gasteiger partial charge in [-0.2, -0.15) is 0 Å². The molecule has 0 spiro atoms. The highest BCUT2D eigenvalue weighted by Crippen LogP contribution is 2.37. The Balaban J connectivity index is 1.31. The number of hydrogen-bond acceptors (Lipinski definition) is 4. The highest BCUT2D eigenvalue weighted by atomic mass is 16.6. The average molecular weight is 380 g/mol. The van der Waals surface area contributed by atoms with Crippen LogP contribution < -0.4 is 9.47 Å². The lowest BCUT2D eigenvalue weighted by atomic mass is 9.84. The van der Waals surface area contributed by atoms with Crippen LogP contribution in [0.4, 0.5) is 0 Å². The molecule has 28 heavy (non-hydrogen) atoms. The monoisotopic (exact) mass is 379 g/mol. The zero-order valence-electron chi connectivity index (χ0n) is 16.4. The van der Waals surface area contributed by atoms with Gasteiger partial charge in [0.15, 0.2) is 11.5 Å². The zero-order valence-corrected chi connectivity index (χ0v) is 16.4. The molecular formula is C24H29NO3. The number of likely N-dealkylation sites (tertiary alicyclic amines) is 1. The van der Waals surface area contributed by atoms with E-state index >= 15 is 0 Å². The second kappa shape index (κ2) is 8.80. The number of para-hydroxylation sites is 2. The first kappa shape index (κ1) is 19.0. The standard InChI is InChI=1S/C24H29NO3/c1-2-18-27-24(20-8-4-3-5-9-20)13-16-25(17-14-24)15-12-21-19-26-22-10-6-7-11-23(22)28-21/h2-11,21H,1,12-19H2. The number of piperidine rings is 1. The van der Waals surface area contributed by atoms with E-state index in [4.69, 9.17) is 14.2 Å². The summed E-state index contributed by atoms with van der Waals surface area (Å²) in [6, 6.07) is 18.5. The third-order valence-corrected chi connectivity index (χ3v) is 5.78. The average Bonchev–Trinajstić information content (AvgIpc) is 2.77. The van der Waals surface area contributed by atoms with Crippen molar-refractivity contribution in [2.45, 2.75) is 31.0 Å². The van der Waals surface area contributed by atoms with Gasteiger partial charge in [0, 0.05) is 26.1 Å². The molecule has 0 N–H and O–H groups in total. The van der Waals surface area contributed by atoms with Gasteiger partial charge >= 0.3 is 0 Å². The Morgan fingerprint density at radius 1 is 1.04 bits per heavy atom. The molecule has 0 amide bonds. The lowest BCUT2D eigenvalue weighted by Gasteiger charge is -2.42. The van der Waals surface area contributed by atoms with Crippen LogP contribution in [0.3, 0.4) is 0 Å². The molecule has 0 aromatic heterocycles. The Hall–Kier alpha value is -2.30. The van der Waals surface area contributed by atoms with Crippen LogP contribution in [-0.4, -0.2) is 43.9 Å². The number of rotatable bonds is 7. The van der Waals surface area contributed by atoms with Crippen molar-refractivity contribution in [1.82, 2.24) is 4.90 Å². The molecule has 4 nitrogen and oxygen atoms in total. The minimum Gasteiger partial charge on any atom is -0.486 e. The Labute approximate surface area is 167 Å². The molecule has 1 fully saturated rings. The van der Waals surface area contributed by atoms with Crippen LogP contribution in [0.5, 0.6) is 11.5 Å². The maximum Gasteiger partial charge on any atom is 0.161 e. The molecular weight excluding hydrogens is 350 g/mol. The summed E-state index contributed by atoms with van der Waals surface area (Å²) in [6.45, 7) is 8.10. The number of fused-ring (bicyclic) bond motifs is 1. The Morgan fingerprint density at radius 3 is 2.50 bits per heavy atom. The van der Waals surface area contributed by atoms with Gasteiger partial charge in [0.25, 0.3) is 0 Å². The predicted octanol–water partition coefficient (Wildman–Crippen LogP) is 4.41. The van der Waals surface area contributed by atoms with E-state index in [1.165, 1.54) is 5.56 Å². The molecule has 2 aliphatic rings. The lowest BCUT2D eigenvalue weighted by molar-refractivity contribution is -0.0797. The largest absolute Gasteiger partial charge is 0.486 e. The van der Waals surface area contributed by atoms with E-state index in [1.807, 2.05) is 30.3 Å². The van der Waals surface area contributed by atoms with Crippen LogP contribution in [0.15, 0.2) is 67.3 Å². The summed E-state index contributed by atoms with van der Waals surface area (Å²) in [4.78, 5) is 2.52. The van der Waals surface area contributed by atoms with Crippen LogP contribution in [0.2, 0.25) is 0 Å². The summed E-state index contributed by atoms with van der Waals surface area (Å²) >= 11 is 0. The van der Waals surface area contributed by atoms with Crippen molar-refractivity contribution < 1.29 is 14.2 Å². The lowest BCUT2D eigenvalue weighted by Crippen LogP contribution is -2.45. The van der Waals surface area contributed by atoms with Gasteiger partial charge in [-0.3, -0.25) is 0 Å². The van der Waals surface area contributed by atoms with Gasteiger partial charge in [-0.1, -0.05) is 48.5 Å². The van der Waals surface area contributed by atoms with Crippen LogP contribution in [0.1, 0.15) is 24.8 Å². The fourth-order valence-electron chi connectivity index (χ4n) is 4.15. The molecule has 0 radical (unpaired) electrons. The molecule has 0 saturated carbocycles. The number of hydrogen-bond donors (Lipinski definition) is 0. The molecule has 2 aromatic rings. The minimum atomic E-state index is -0.199. The van der Waals surface area contributed by atoms with Crippen LogP contribution in [0, 0.1) is 0 Å². The van der Waals surface area contributed by atoms with Crippen molar-refractivity contribution in [2.75, 3.05) is 32.8 Å². The zero-order chi connectivity index (χ0) is 19.2. The summed E-state index contributed by atoms with van der Waals surface area (Å²) in [5.41, 5.74) is 1.08. The molecule has 1 unspecified atom stereocenters. The van der Waals surface area contributed by atoms with Crippen molar-refractivity contribution >= 4 is 0 Å². The second-order valence-corrected chi connectivity index (χ2v) is 7.59. The SMILES string of the molecule is C=CCOC1(c2ccccc2)CCN(CCC2COc3ccccc3O2)CC1. The summed E-state index contributed by atoms with van der Waals surface area (Å²) in [7, 11) is 0. The molecule has 4 rings (SSSR count). The van der Waals surface area contributed by atoms with E-state index in [0.717, 1.165) is 50.4 Å². The van der Waals surface area contributed by atoms with E-state index in [1.54, 1.807) is 0 Å². The molecule has 4 heteroatoms. The number of ether oxygens (including phenoxy) is 3. The van der Waals surface area contributed by atoms with Crippen LogP contribution in [-0.2, 0) is 10.3 Å². The molecule has 1 atom stereocenters. The van der Waals surface area contributed by atoms with Crippen molar-refractivity contribution in [3.05, 3.63) is 72.8 Å². The quantitative estimate of drug-likeness (QED) is 0.667. The molecule has 2 heterocycles. The van der Waals surface area contributed by atoms with Gasteiger partial charge in [-0.05, 0) is 30.5 Å². The van der Waals surface area contributed by atoms with Gasteiger partial charge in [0.2, 0.25) is 0 Å². The van der Waals surface area contributed by atoms with Gasteiger partial charge in [-0.25, -0.2) is 0 Å². The maximum absolute atomic E-state index is 6.30. The molecule has 0 aliphatic carbocycles. The molecule has 2 aromatic carbocycles. The van der Waals surface area contributed by atoms with E-state index in [9.17, 15) is 0 Å². The van der Waals surface area contributed by atoms with Crippen molar-refractivity contribution in [3.63, 3.8) is 0 Å². The topological polar surface area (TPSA) is 30.9 Å². The summed E-state index contributed by atoms with van der Waals surface area (Å²) in [5, 5.41) is 0. The van der Waals surface area contributed by atoms with Crippen molar-refractivity contribution in [3.8, 4) is 11.5 Å². The first-order valence-electron chi connectivity index (χ1n) is 10.2. The maximum atomic E-state index is 6.30. The van der Waals surface area contributed by atoms with E-state index in [-0.39, 0.29) is 11.7 Å². The number of benzene rings is 2. The van der Waals surface area contributed by atoms with Gasteiger partial charge in [0.1, 0.15) is 12.7 Å². The van der Waals surface area contributed by atoms with E-state index in [2.05, 4.69) is 41.8 Å². The van der Waals surface area contributed by atoms with Gasteiger partial charge in [0.05, 0.1) is 12.2 Å². The Morgan fingerprint density at radius 2 is 1.75 bits per heavy atom. The van der Waals surface area contributed by atoms with Gasteiger partial charge in [-0.15, -0.1) is 6.58 Å². The fraction of sp³-hybridized carbons (Fsp3) is 0.417. The molecule has 148 valence electrons. The highest BCUT2D eigenvalue weighted by molar-refractivity contribution is 5.40. The fourth-order valence-corrected chi connectivity index (χ4v) is 4.15. The number of nitrogens with zero attached hydrogens (tertiary/aromatic N) is 1.